The molecule has 0 bridgehead atoms. The Balaban J connectivity index is 1.51. The van der Waals surface area contributed by atoms with Crippen LogP contribution in [0, 0.1) is 0 Å². The molecule has 0 aliphatic carbocycles. The van der Waals surface area contributed by atoms with Gasteiger partial charge in [-0.2, -0.15) is 4.98 Å². The Morgan fingerprint density at radius 2 is 2.27 bits per heavy atom. The Morgan fingerprint density at radius 3 is 3.14 bits per heavy atom. The number of hydrogen-bond acceptors (Lipinski definition) is 6. The van der Waals surface area contributed by atoms with Gasteiger partial charge in [0, 0.05) is 12.1 Å². The van der Waals surface area contributed by atoms with Crippen LogP contribution in [0.15, 0.2) is 40.2 Å². The lowest BCUT2D eigenvalue weighted by Crippen LogP contribution is -2.07. The van der Waals surface area contributed by atoms with Gasteiger partial charge in [-0.05, 0) is 42.1 Å². The highest BCUT2D eigenvalue weighted by molar-refractivity contribution is 7.13. The van der Waals surface area contributed by atoms with Crippen LogP contribution in [0.1, 0.15) is 24.4 Å². The van der Waals surface area contributed by atoms with E-state index in [2.05, 4.69) is 21.5 Å². The first-order valence-electron chi connectivity index (χ1n) is 7.19. The quantitative estimate of drug-likeness (QED) is 0.791. The predicted octanol–water partition coefficient (Wildman–Crippen LogP) is 3.91. The largest absolute Gasteiger partial charge is 0.493 e. The molecule has 2 aromatic heterocycles. The molecular weight excluding hydrogens is 298 g/mol. The van der Waals surface area contributed by atoms with Crippen molar-refractivity contribution in [2.24, 2.45) is 0 Å². The number of rotatable bonds is 4. The average Bonchev–Trinajstić information content (AvgIpc) is 3.26. The van der Waals surface area contributed by atoms with Crippen molar-refractivity contribution in [2.75, 3.05) is 11.9 Å². The molecule has 0 saturated carbocycles. The minimum atomic E-state index is -0.0541. The highest BCUT2D eigenvalue weighted by atomic mass is 32.1. The zero-order valence-electron chi connectivity index (χ0n) is 12.1. The van der Waals surface area contributed by atoms with E-state index >= 15 is 0 Å². The molecule has 0 fully saturated rings. The molecule has 22 heavy (non-hydrogen) atoms. The number of benzene rings is 1. The fourth-order valence-corrected chi connectivity index (χ4v) is 3.15. The molecule has 0 radical (unpaired) electrons. The summed E-state index contributed by atoms with van der Waals surface area (Å²) in [7, 11) is 0. The molecule has 0 amide bonds. The average molecular weight is 313 g/mol. The molecule has 112 valence electrons. The van der Waals surface area contributed by atoms with E-state index in [1.54, 1.807) is 11.3 Å². The highest BCUT2D eigenvalue weighted by Gasteiger charge is 2.17. The zero-order valence-corrected chi connectivity index (χ0v) is 12.9. The van der Waals surface area contributed by atoms with Crippen LogP contribution in [0.25, 0.3) is 10.7 Å². The van der Waals surface area contributed by atoms with Crippen molar-refractivity contribution in [3.8, 4) is 16.5 Å². The number of fused-ring (bicyclic) bond motifs is 1. The minimum absolute atomic E-state index is 0.0541. The molecule has 1 N–H and O–H groups in total. The lowest BCUT2D eigenvalue weighted by atomic mass is 10.1. The number of hydrogen-bond donors (Lipinski definition) is 1. The van der Waals surface area contributed by atoms with Crippen LogP contribution in [0.2, 0.25) is 0 Å². The summed E-state index contributed by atoms with van der Waals surface area (Å²) in [5, 5.41) is 9.44. The molecule has 1 aromatic carbocycles. The van der Waals surface area contributed by atoms with Crippen LogP contribution in [-0.4, -0.2) is 16.7 Å². The second-order valence-corrected chi connectivity index (χ2v) is 6.17. The molecule has 6 heteroatoms. The van der Waals surface area contributed by atoms with Crippen molar-refractivity contribution in [3.63, 3.8) is 0 Å². The smallest absolute Gasteiger partial charge is 0.249 e. The van der Waals surface area contributed by atoms with Gasteiger partial charge in [0.15, 0.2) is 0 Å². The first-order valence-corrected chi connectivity index (χ1v) is 8.07. The number of ether oxygens (including phenoxy) is 1. The summed E-state index contributed by atoms with van der Waals surface area (Å²) in [5.74, 6) is 2.21. The topological polar surface area (TPSA) is 60.2 Å². The third-order valence-electron chi connectivity index (χ3n) is 3.63. The van der Waals surface area contributed by atoms with Crippen LogP contribution >= 0.6 is 11.3 Å². The molecule has 5 nitrogen and oxygen atoms in total. The van der Waals surface area contributed by atoms with Crippen molar-refractivity contribution in [3.05, 3.63) is 47.2 Å². The van der Waals surface area contributed by atoms with E-state index in [1.807, 2.05) is 36.6 Å². The van der Waals surface area contributed by atoms with Crippen molar-refractivity contribution < 1.29 is 9.26 Å². The fourth-order valence-electron chi connectivity index (χ4n) is 2.51. The van der Waals surface area contributed by atoms with Crippen LogP contribution in [0.4, 0.5) is 5.69 Å². The summed E-state index contributed by atoms with van der Waals surface area (Å²) in [4.78, 5) is 5.48. The molecule has 1 atom stereocenters. The first kappa shape index (κ1) is 13.3. The molecule has 0 unspecified atom stereocenters. The maximum atomic E-state index is 5.52. The third-order valence-corrected chi connectivity index (χ3v) is 4.49. The van der Waals surface area contributed by atoms with Crippen molar-refractivity contribution in [1.29, 1.82) is 0 Å². The predicted molar refractivity (Wildman–Crippen MR) is 85.3 cm³/mol. The molecule has 1 aliphatic heterocycles. The number of aromatic nitrogens is 2. The lowest BCUT2D eigenvalue weighted by Gasteiger charge is -2.12. The van der Waals surface area contributed by atoms with Crippen LogP contribution < -0.4 is 10.1 Å². The van der Waals surface area contributed by atoms with Gasteiger partial charge in [-0.1, -0.05) is 11.2 Å². The highest BCUT2D eigenvalue weighted by Crippen LogP contribution is 2.30. The maximum Gasteiger partial charge on any atom is 0.249 e. The number of thiophene rings is 1. The Labute approximate surface area is 131 Å². The van der Waals surface area contributed by atoms with Crippen LogP contribution in [0.5, 0.6) is 5.75 Å². The molecule has 0 saturated heterocycles. The maximum absolute atomic E-state index is 5.52. The second kappa shape index (κ2) is 5.46. The van der Waals surface area contributed by atoms with E-state index in [4.69, 9.17) is 9.26 Å². The standard InChI is InChI=1S/C16H15N3O2S/c1-10(16-18-15(19-21-16)14-3-2-8-22-14)17-12-4-5-13-11(9-12)6-7-20-13/h2-5,8-10,17H,6-7H2,1H3/t10-/m1/s1. The van der Waals surface area contributed by atoms with Crippen molar-refractivity contribution >= 4 is 17.0 Å². The van der Waals surface area contributed by atoms with Crippen LogP contribution in [-0.2, 0) is 6.42 Å². The molecule has 1 aliphatic rings. The second-order valence-electron chi connectivity index (χ2n) is 5.22. The molecule has 3 aromatic rings. The summed E-state index contributed by atoms with van der Waals surface area (Å²) in [5.41, 5.74) is 2.27. The Morgan fingerprint density at radius 1 is 1.32 bits per heavy atom. The van der Waals surface area contributed by atoms with Gasteiger partial charge in [0.05, 0.1) is 11.5 Å². The van der Waals surface area contributed by atoms with Gasteiger partial charge in [-0.25, -0.2) is 0 Å². The number of nitrogens with zero attached hydrogens (tertiary/aromatic N) is 2. The van der Waals surface area contributed by atoms with Gasteiger partial charge in [-0.3, -0.25) is 0 Å². The van der Waals surface area contributed by atoms with Gasteiger partial charge in [0.25, 0.3) is 0 Å². The Bertz CT molecular complexity index is 783. The summed E-state index contributed by atoms with van der Waals surface area (Å²) < 4.78 is 10.9. The summed E-state index contributed by atoms with van der Waals surface area (Å²) in [6.45, 7) is 2.78. The van der Waals surface area contributed by atoms with Gasteiger partial charge in [0.2, 0.25) is 11.7 Å². The van der Waals surface area contributed by atoms with Gasteiger partial charge >= 0.3 is 0 Å². The fraction of sp³-hybridized carbons (Fsp3) is 0.250. The lowest BCUT2D eigenvalue weighted by molar-refractivity contribution is 0.357. The van der Waals surface area contributed by atoms with Gasteiger partial charge in [0.1, 0.15) is 11.8 Å². The van der Waals surface area contributed by atoms with Crippen molar-refractivity contribution in [1.82, 2.24) is 10.1 Å². The monoisotopic (exact) mass is 313 g/mol. The molecule has 3 heterocycles. The summed E-state index contributed by atoms with van der Waals surface area (Å²) in [6, 6.07) is 10.0. The minimum Gasteiger partial charge on any atom is -0.493 e. The first-order chi connectivity index (χ1) is 10.8. The molecular formula is C16H15N3O2S. The van der Waals surface area contributed by atoms with E-state index in [0.29, 0.717) is 11.7 Å². The summed E-state index contributed by atoms with van der Waals surface area (Å²) >= 11 is 1.60. The van der Waals surface area contributed by atoms with Crippen molar-refractivity contribution in [2.45, 2.75) is 19.4 Å². The van der Waals surface area contributed by atoms with Gasteiger partial charge in [-0.15, -0.1) is 11.3 Å². The van der Waals surface area contributed by atoms with E-state index in [-0.39, 0.29) is 6.04 Å². The van der Waals surface area contributed by atoms with E-state index in [9.17, 15) is 0 Å². The molecule has 0 spiro atoms. The normalized spacial score (nSPS) is 14.4. The Hall–Kier alpha value is -2.34. The Kier molecular flexibility index (Phi) is 3.31. The van der Waals surface area contributed by atoms with E-state index in [1.165, 1.54) is 5.56 Å². The number of anilines is 1. The summed E-state index contributed by atoms with van der Waals surface area (Å²) in [6.07, 6.45) is 0.961. The van der Waals surface area contributed by atoms with E-state index in [0.717, 1.165) is 29.3 Å². The number of nitrogens with one attached hydrogen (secondary N) is 1. The van der Waals surface area contributed by atoms with Crippen LogP contribution in [0.3, 0.4) is 0 Å². The third kappa shape index (κ3) is 2.46. The van der Waals surface area contributed by atoms with E-state index < -0.39 is 0 Å². The zero-order chi connectivity index (χ0) is 14.9. The SMILES string of the molecule is C[C@@H](Nc1ccc2c(c1)CCO2)c1nc(-c2cccs2)no1. The molecule has 4 rings (SSSR count). The van der Waals surface area contributed by atoms with Gasteiger partial charge < -0.3 is 14.6 Å².